The number of ether oxygens (including phenoxy) is 1. The number of hydrogen-bond donors (Lipinski definition) is 1. The molecule has 2 rings (SSSR count). The van der Waals surface area contributed by atoms with Gasteiger partial charge in [0.05, 0.1) is 0 Å². The number of halogens is 1. The van der Waals surface area contributed by atoms with Gasteiger partial charge in [-0.05, 0) is 50.7 Å². The second kappa shape index (κ2) is 6.98. The van der Waals surface area contributed by atoms with Crippen molar-refractivity contribution in [2.45, 2.75) is 6.42 Å². The van der Waals surface area contributed by atoms with E-state index in [-0.39, 0.29) is 0 Å². The topological polar surface area (TPSA) is 24.5 Å². The molecule has 1 aromatic carbocycles. The standard InChI is InChI=1S/C14H21ClN2O/c1-16-10-12-5-6-17(11-12)7-8-18-14-4-2-3-13(15)9-14/h2-4,9,12,16H,5-8,10-11H2,1H3. The van der Waals surface area contributed by atoms with E-state index in [1.165, 1.54) is 19.5 Å². The summed E-state index contributed by atoms with van der Waals surface area (Å²) in [5.74, 6) is 1.65. The molecule has 1 N–H and O–H groups in total. The zero-order chi connectivity index (χ0) is 12.8. The molecule has 1 heterocycles. The summed E-state index contributed by atoms with van der Waals surface area (Å²) >= 11 is 5.91. The van der Waals surface area contributed by atoms with Crippen molar-refractivity contribution in [1.29, 1.82) is 0 Å². The smallest absolute Gasteiger partial charge is 0.120 e. The molecule has 0 bridgehead atoms. The van der Waals surface area contributed by atoms with Crippen LogP contribution in [0.15, 0.2) is 24.3 Å². The van der Waals surface area contributed by atoms with Crippen LogP contribution in [0.25, 0.3) is 0 Å². The van der Waals surface area contributed by atoms with Gasteiger partial charge < -0.3 is 10.1 Å². The maximum atomic E-state index is 5.91. The molecular formula is C14H21ClN2O. The van der Waals surface area contributed by atoms with Crippen LogP contribution in [0.2, 0.25) is 5.02 Å². The monoisotopic (exact) mass is 268 g/mol. The second-order valence-corrected chi connectivity index (χ2v) is 5.26. The van der Waals surface area contributed by atoms with Gasteiger partial charge in [-0.3, -0.25) is 4.90 Å². The third-order valence-corrected chi connectivity index (χ3v) is 3.57. The van der Waals surface area contributed by atoms with Crippen molar-refractivity contribution in [2.75, 3.05) is 39.8 Å². The molecule has 0 aromatic heterocycles. The Labute approximate surface area is 114 Å². The van der Waals surface area contributed by atoms with Crippen molar-refractivity contribution in [1.82, 2.24) is 10.2 Å². The molecule has 100 valence electrons. The van der Waals surface area contributed by atoms with Gasteiger partial charge in [0.25, 0.3) is 0 Å². The fraction of sp³-hybridized carbons (Fsp3) is 0.571. The van der Waals surface area contributed by atoms with Gasteiger partial charge in [0.2, 0.25) is 0 Å². The molecule has 1 unspecified atom stereocenters. The first-order chi connectivity index (χ1) is 8.78. The van der Waals surface area contributed by atoms with E-state index < -0.39 is 0 Å². The van der Waals surface area contributed by atoms with Gasteiger partial charge in [0.1, 0.15) is 12.4 Å². The summed E-state index contributed by atoms with van der Waals surface area (Å²) in [7, 11) is 2.02. The van der Waals surface area contributed by atoms with E-state index in [2.05, 4.69) is 10.2 Å². The minimum atomic E-state index is 0.725. The molecule has 0 amide bonds. The van der Waals surface area contributed by atoms with E-state index in [1.54, 1.807) is 0 Å². The molecule has 0 spiro atoms. The van der Waals surface area contributed by atoms with E-state index in [0.717, 1.165) is 36.4 Å². The van der Waals surface area contributed by atoms with Crippen LogP contribution in [0.3, 0.4) is 0 Å². The molecule has 0 radical (unpaired) electrons. The van der Waals surface area contributed by atoms with Gasteiger partial charge in [0, 0.05) is 18.1 Å². The molecule has 1 atom stereocenters. The summed E-state index contributed by atoms with van der Waals surface area (Å²) in [5, 5.41) is 3.97. The van der Waals surface area contributed by atoms with Crippen LogP contribution >= 0.6 is 11.6 Å². The van der Waals surface area contributed by atoms with E-state index in [4.69, 9.17) is 16.3 Å². The van der Waals surface area contributed by atoms with Crippen molar-refractivity contribution in [3.05, 3.63) is 29.3 Å². The van der Waals surface area contributed by atoms with Gasteiger partial charge in [-0.2, -0.15) is 0 Å². The zero-order valence-corrected chi connectivity index (χ0v) is 11.6. The van der Waals surface area contributed by atoms with Crippen molar-refractivity contribution in [2.24, 2.45) is 5.92 Å². The number of benzene rings is 1. The molecule has 1 saturated heterocycles. The van der Waals surface area contributed by atoms with Gasteiger partial charge in [-0.25, -0.2) is 0 Å². The quantitative estimate of drug-likeness (QED) is 0.857. The molecule has 0 saturated carbocycles. The fourth-order valence-corrected chi connectivity index (χ4v) is 2.60. The first-order valence-electron chi connectivity index (χ1n) is 6.53. The van der Waals surface area contributed by atoms with Crippen LogP contribution in [0.5, 0.6) is 5.75 Å². The lowest BCUT2D eigenvalue weighted by atomic mass is 10.1. The third-order valence-electron chi connectivity index (χ3n) is 3.34. The maximum Gasteiger partial charge on any atom is 0.120 e. The van der Waals surface area contributed by atoms with Crippen molar-refractivity contribution in [3.8, 4) is 5.75 Å². The minimum absolute atomic E-state index is 0.725. The Morgan fingerprint density at radius 1 is 1.50 bits per heavy atom. The minimum Gasteiger partial charge on any atom is -0.492 e. The van der Waals surface area contributed by atoms with Crippen LogP contribution in [0.4, 0.5) is 0 Å². The third kappa shape index (κ3) is 4.16. The highest BCUT2D eigenvalue weighted by Gasteiger charge is 2.21. The molecule has 3 nitrogen and oxygen atoms in total. The van der Waals surface area contributed by atoms with E-state index in [1.807, 2.05) is 31.3 Å². The Hall–Kier alpha value is -0.770. The molecule has 1 aliphatic heterocycles. The SMILES string of the molecule is CNCC1CCN(CCOc2cccc(Cl)c2)C1. The van der Waals surface area contributed by atoms with Crippen molar-refractivity contribution in [3.63, 3.8) is 0 Å². The van der Waals surface area contributed by atoms with Gasteiger partial charge >= 0.3 is 0 Å². The highest BCUT2D eigenvalue weighted by Crippen LogP contribution is 2.18. The van der Waals surface area contributed by atoms with Gasteiger partial charge in [-0.1, -0.05) is 17.7 Å². The highest BCUT2D eigenvalue weighted by molar-refractivity contribution is 6.30. The van der Waals surface area contributed by atoms with Crippen LogP contribution in [0, 0.1) is 5.92 Å². The number of nitrogens with zero attached hydrogens (tertiary/aromatic N) is 1. The number of rotatable bonds is 6. The van der Waals surface area contributed by atoms with Crippen LogP contribution in [-0.4, -0.2) is 44.7 Å². The lowest BCUT2D eigenvalue weighted by molar-refractivity contribution is 0.232. The molecule has 0 aliphatic carbocycles. The van der Waals surface area contributed by atoms with E-state index in [9.17, 15) is 0 Å². The van der Waals surface area contributed by atoms with Crippen LogP contribution in [-0.2, 0) is 0 Å². The molecule has 1 aromatic rings. The Morgan fingerprint density at radius 2 is 2.39 bits per heavy atom. The normalized spacial score (nSPS) is 20.2. The van der Waals surface area contributed by atoms with Crippen LogP contribution < -0.4 is 10.1 Å². The fourth-order valence-electron chi connectivity index (χ4n) is 2.42. The predicted octanol–water partition coefficient (Wildman–Crippen LogP) is 2.26. The van der Waals surface area contributed by atoms with E-state index >= 15 is 0 Å². The summed E-state index contributed by atoms with van der Waals surface area (Å²) in [6.07, 6.45) is 1.29. The number of hydrogen-bond acceptors (Lipinski definition) is 3. The second-order valence-electron chi connectivity index (χ2n) is 4.82. The highest BCUT2D eigenvalue weighted by atomic mass is 35.5. The lowest BCUT2D eigenvalue weighted by Gasteiger charge is -2.16. The Morgan fingerprint density at radius 3 is 3.17 bits per heavy atom. The largest absolute Gasteiger partial charge is 0.492 e. The summed E-state index contributed by atoms with van der Waals surface area (Å²) in [5.41, 5.74) is 0. The zero-order valence-electron chi connectivity index (χ0n) is 10.9. The Bertz CT molecular complexity index is 373. The molecule has 1 fully saturated rings. The number of likely N-dealkylation sites (tertiary alicyclic amines) is 1. The van der Waals surface area contributed by atoms with Crippen LogP contribution in [0.1, 0.15) is 6.42 Å². The first kappa shape index (κ1) is 13.7. The molecule has 4 heteroatoms. The summed E-state index contributed by atoms with van der Waals surface area (Å²) < 4.78 is 5.70. The molecular weight excluding hydrogens is 248 g/mol. The Balaban J connectivity index is 1.67. The lowest BCUT2D eigenvalue weighted by Crippen LogP contribution is -2.28. The Kier molecular flexibility index (Phi) is 5.29. The average Bonchev–Trinajstić information content (AvgIpc) is 2.78. The van der Waals surface area contributed by atoms with Crippen molar-refractivity contribution < 1.29 is 4.74 Å². The van der Waals surface area contributed by atoms with Crippen molar-refractivity contribution >= 4 is 11.6 Å². The number of nitrogens with one attached hydrogen (secondary N) is 1. The van der Waals surface area contributed by atoms with Gasteiger partial charge in [0.15, 0.2) is 0 Å². The van der Waals surface area contributed by atoms with E-state index in [0.29, 0.717) is 0 Å². The molecule has 18 heavy (non-hydrogen) atoms. The summed E-state index contributed by atoms with van der Waals surface area (Å²) in [4.78, 5) is 2.46. The predicted molar refractivity (Wildman–Crippen MR) is 75.4 cm³/mol. The van der Waals surface area contributed by atoms with Gasteiger partial charge in [-0.15, -0.1) is 0 Å². The maximum absolute atomic E-state index is 5.91. The molecule has 1 aliphatic rings. The average molecular weight is 269 g/mol. The summed E-state index contributed by atoms with van der Waals surface area (Å²) in [6, 6.07) is 7.57. The summed E-state index contributed by atoms with van der Waals surface area (Å²) in [6.45, 7) is 5.20. The first-order valence-corrected chi connectivity index (χ1v) is 6.91.